The predicted molar refractivity (Wildman–Crippen MR) is 90.3 cm³/mol. The van der Waals surface area contributed by atoms with Gasteiger partial charge in [-0.3, -0.25) is 4.90 Å². The van der Waals surface area contributed by atoms with Gasteiger partial charge in [-0.25, -0.2) is 0 Å². The Labute approximate surface area is 129 Å². The van der Waals surface area contributed by atoms with Gasteiger partial charge in [-0.1, -0.05) is 54.6 Å². The highest BCUT2D eigenvalue weighted by Crippen LogP contribution is 2.17. The maximum Gasteiger partial charge on any atom is 0.0650 e. The smallest absolute Gasteiger partial charge is 0.0650 e. The Hall–Kier alpha value is -1.38. The van der Waals surface area contributed by atoms with Crippen LogP contribution in [0.3, 0.4) is 0 Å². The van der Waals surface area contributed by atoms with Crippen molar-refractivity contribution in [1.82, 2.24) is 4.90 Å². The average molecular weight is 285 g/mol. The number of hydrogen-bond acceptors (Lipinski definition) is 2. The summed E-state index contributed by atoms with van der Waals surface area (Å²) in [6, 6.07) is 10.4. The van der Waals surface area contributed by atoms with E-state index in [1.54, 1.807) is 0 Å². The van der Waals surface area contributed by atoms with Crippen LogP contribution in [0.1, 0.15) is 25.3 Å². The van der Waals surface area contributed by atoms with Gasteiger partial charge in [0, 0.05) is 13.2 Å². The molecule has 0 unspecified atom stereocenters. The zero-order chi connectivity index (χ0) is 14.8. The molecule has 1 fully saturated rings. The van der Waals surface area contributed by atoms with Gasteiger partial charge in [0.05, 0.1) is 6.61 Å². The molecule has 21 heavy (non-hydrogen) atoms. The molecule has 114 valence electrons. The first kappa shape index (κ1) is 16.0. The Bertz CT molecular complexity index is 430. The normalized spacial score (nSPS) is 18.0. The summed E-state index contributed by atoms with van der Waals surface area (Å²) in [5, 5.41) is 0. The maximum absolute atomic E-state index is 5.79. The zero-order valence-electron chi connectivity index (χ0n) is 13.1. The lowest BCUT2D eigenvalue weighted by atomic mass is 9.98. The summed E-state index contributed by atoms with van der Waals surface area (Å²) in [5.74, 6) is 0.733. The van der Waals surface area contributed by atoms with Gasteiger partial charge in [-0.05, 0) is 44.3 Å². The van der Waals surface area contributed by atoms with Gasteiger partial charge in [0.1, 0.15) is 0 Å². The van der Waals surface area contributed by atoms with Crippen LogP contribution in [0.15, 0.2) is 48.6 Å². The molecule has 0 spiro atoms. The molecule has 0 aliphatic carbocycles. The fourth-order valence-corrected chi connectivity index (χ4v) is 2.64. The number of ether oxygens (including phenoxy) is 1. The van der Waals surface area contributed by atoms with Crippen molar-refractivity contribution in [2.45, 2.75) is 19.8 Å². The molecule has 1 aromatic rings. The fourth-order valence-electron chi connectivity index (χ4n) is 2.64. The molecule has 1 aliphatic rings. The average Bonchev–Trinajstić information content (AvgIpc) is 2.55. The molecule has 2 heteroatoms. The van der Waals surface area contributed by atoms with Crippen molar-refractivity contribution >= 4 is 6.08 Å². The third kappa shape index (κ3) is 6.28. The molecular weight excluding hydrogens is 258 g/mol. The summed E-state index contributed by atoms with van der Waals surface area (Å²) in [4.78, 5) is 2.52. The second-order valence-corrected chi connectivity index (χ2v) is 5.66. The largest absolute Gasteiger partial charge is 0.377 e. The van der Waals surface area contributed by atoms with Crippen LogP contribution in [0, 0.1) is 5.92 Å². The van der Waals surface area contributed by atoms with E-state index in [9.17, 15) is 0 Å². The van der Waals surface area contributed by atoms with Crippen molar-refractivity contribution in [2.24, 2.45) is 5.92 Å². The first-order valence-electron chi connectivity index (χ1n) is 8.01. The molecule has 0 amide bonds. The number of piperidine rings is 1. The summed E-state index contributed by atoms with van der Waals surface area (Å²) in [6.45, 7) is 7.22. The van der Waals surface area contributed by atoms with Crippen LogP contribution < -0.4 is 0 Å². The molecule has 0 aromatic heterocycles. The van der Waals surface area contributed by atoms with E-state index >= 15 is 0 Å². The lowest BCUT2D eigenvalue weighted by Crippen LogP contribution is -2.35. The summed E-state index contributed by atoms with van der Waals surface area (Å²) in [7, 11) is 0. The summed E-state index contributed by atoms with van der Waals surface area (Å²) >= 11 is 0. The molecule has 0 radical (unpaired) electrons. The Morgan fingerprint density at radius 3 is 2.62 bits per heavy atom. The van der Waals surface area contributed by atoms with Crippen molar-refractivity contribution in [1.29, 1.82) is 0 Å². The van der Waals surface area contributed by atoms with Gasteiger partial charge in [-0.2, -0.15) is 0 Å². The third-order valence-corrected chi connectivity index (χ3v) is 3.98. The van der Waals surface area contributed by atoms with Gasteiger partial charge >= 0.3 is 0 Å². The van der Waals surface area contributed by atoms with E-state index in [-0.39, 0.29) is 0 Å². The number of likely N-dealkylation sites (tertiary alicyclic amines) is 1. The van der Waals surface area contributed by atoms with Crippen LogP contribution in [0.2, 0.25) is 0 Å². The van der Waals surface area contributed by atoms with E-state index in [2.05, 4.69) is 60.4 Å². The third-order valence-electron chi connectivity index (χ3n) is 3.98. The maximum atomic E-state index is 5.79. The monoisotopic (exact) mass is 285 g/mol. The van der Waals surface area contributed by atoms with Gasteiger partial charge in [0.15, 0.2) is 0 Å². The molecule has 2 rings (SSSR count). The van der Waals surface area contributed by atoms with Crippen LogP contribution in [-0.2, 0) is 4.74 Å². The van der Waals surface area contributed by atoms with Crippen molar-refractivity contribution in [2.75, 3.05) is 32.8 Å². The highest BCUT2D eigenvalue weighted by atomic mass is 16.5. The van der Waals surface area contributed by atoms with Crippen LogP contribution in [0.5, 0.6) is 0 Å². The van der Waals surface area contributed by atoms with E-state index in [0.717, 1.165) is 19.1 Å². The topological polar surface area (TPSA) is 12.5 Å². The molecule has 0 bridgehead atoms. The van der Waals surface area contributed by atoms with E-state index in [0.29, 0.717) is 6.61 Å². The number of hydrogen-bond donors (Lipinski definition) is 0. The van der Waals surface area contributed by atoms with Gasteiger partial charge < -0.3 is 4.74 Å². The lowest BCUT2D eigenvalue weighted by Gasteiger charge is -2.30. The van der Waals surface area contributed by atoms with Gasteiger partial charge in [0.2, 0.25) is 0 Å². The zero-order valence-corrected chi connectivity index (χ0v) is 13.1. The van der Waals surface area contributed by atoms with E-state index < -0.39 is 0 Å². The quantitative estimate of drug-likeness (QED) is 0.554. The molecule has 0 atom stereocenters. The minimum atomic E-state index is 0.716. The number of allylic oxidation sites excluding steroid dienone is 1. The van der Waals surface area contributed by atoms with Crippen LogP contribution in [0.4, 0.5) is 0 Å². The highest BCUT2D eigenvalue weighted by Gasteiger charge is 2.17. The molecular formula is C19H27NO. The van der Waals surface area contributed by atoms with E-state index in [1.807, 2.05) is 6.07 Å². The molecule has 1 aliphatic heterocycles. The van der Waals surface area contributed by atoms with E-state index in [1.165, 1.54) is 31.5 Å². The molecule has 0 N–H and O–H groups in total. The summed E-state index contributed by atoms with van der Waals surface area (Å²) < 4.78 is 5.79. The molecule has 2 nitrogen and oxygen atoms in total. The number of nitrogens with zero attached hydrogens (tertiary/aromatic N) is 1. The Morgan fingerprint density at radius 1 is 1.14 bits per heavy atom. The van der Waals surface area contributed by atoms with Crippen molar-refractivity contribution < 1.29 is 4.74 Å². The van der Waals surface area contributed by atoms with Crippen molar-refractivity contribution in [3.63, 3.8) is 0 Å². The van der Waals surface area contributed by atoms with Crippen LogP contribution in [0.25, 0.3) is 6.08 Å². The molecule has 1 aromatic carbocycles. The predicted octanol–water partition coefficient (Wildman–Crippen LogP) is 4.00. The number of benzene rings is 1. The first-order valence-corrected chi connectivity index (χ1v) is 8.01. The summed E-state index contributed by atoms with van der Waals surface area (Å²) in [5.41, 5.74) is 1.23. The van der Waals surface area contributed by atoms with Gasteiger partial charge in [0.25, 0.3) is 0 Å². The van der Waals surface area contributed by atoms with Crippen molar-refractivity contribution in [3.8, 4) is 0 Å². The first-order chi connectivity index (χ1) is 10.4. The number of rotatable bonds is 7. The Morgan fingerprint density at radius 2 is 1.90 bits per heavy atom. The van der Waals surface area contributed by atoms with Gasteiger partial charge in [-0.15, -0.1) is 0 Å². The van der Waals surface area contributed by atoms with Crippen LogP contribution in [-0.4, -0.2) is 37.7 Å². The second-order valence-electron chi connectivity index (χ2n) is 5.66. The lowest BCUT2D eigenvalue weighted by molar-refractivity contribution is 0.0855. The van der Waals surface area contributed by atoms with Crippen LogP contribution >= 0.6 is 0 Å². The van der Waals surface area contributed by atoms with Crippen molar-refractivity contribution in [3.05, 3.63) is 54.1 Å². The minimum absolute atomic E-state index is 0.716. The fraction of sp³-hybridized carbons (Fsp3) is 0.474. The Balaban J connectivity index is 1.57. The SMILES string of the molecule is C/C=C/CN1CCC(COC/C=C/c2ccccc2)CC1. The second kappa shape index (κ2) is 9.54. The molecule has 1 heterocycles. The standard InChI is InChI=1S/C19H27NO/c1-2-3-13-20-14-11-19(12-15-20)17-21-16-7-10-18-8-5-4-6-9-18/h2-10,19H,11-17H2,1H3/b3-2+,10-7+. The minimum Gasteiger partial charge on any atom is -0.377 e. The highest BCUT2D eigenvalue weighted by molar-refractivity contribution is 5.48. The molecule has 1 saturated heterocycles. The Kier molecular flexibility index (Phi) is 7.27. The summed E-state index contributed by atoms with van der Waals surface area (Å²) in [6.07, 6.45) is 11.1. The molecule has 0 saturated carbocycles. The van der Waals surface area contributed by atoms with E-state index in [4.69, 9.17) is 4.74 Å².